The van der Waals surface area contributed by atoms with E-state index in [0.29, 0.717) is 0 Å². The molecule has 0 atom stereocenters. The number of hydrogen-bond donors (Lipinski definition) is 3. The van der Waals surface area contributed by atoms with Crippen molar-refractivity contribution in [1.29, 1.82) is 0 Å². The van der Waals surface area contributed by atoms with Crippen molar-refractivity contribution < 1.29 is 10.0 Å². The molecule has 6 heteroatoms. The molecule has 1 rings (SSSR count). The predicted octanol–water partition coefficient (Wildman–Crippen LogP) is -0.725. The second-order valence-corrected chi connectivity index (χ2v) is 2.26. The fourth-order valence-electron chi connectivity index (χ4n) is 0.766. The van der Waals surface area contributed by atoms with Crippen LogP contribution in [0.3, 0.4) is 0 Å². The molecule has 1 amide bonds. The minimum atomic E-state index is -0.660. The highest BCUT2D eigenvalue weighted by atomic mass is 16.4. The molecule has 0 aromatic carbocycles. The molecule has 0 aliphatic rings. The van der Waals surface area contributed by atoms with Gasteiger partial charge in [-0.25, -0.2) is 4.98 Å². The predicted molar refractivity (Wildman–Crippen MR) is 45.3 cm³/mol. The van der Waals surface area contributed by atoms with Gasteiger partial charge in [0, 0.05) is 0 Å². The Bertz CT molecular complexity index is 361. The standard InChI is InChI=1S/C7H8N4O2/c8-6(11-13)4-2-1-3-5(10-4)7(9)12/h1-3,13H,(H2,8,11)(H2,9,12). The van der Waals surface area contributed by atoms with Gasteiger partial charge in [-0.2, -0.15) is 0 Å². The molecule has 1 heterocycles. The molecule has 0 radical (unpaired) electrons. The van der Waals surface area contributed by atoms with Gasteiger partial charge in [0.05, 0.1) is 0 Å². The number of nitrogens with two attached hydrogens (primary N) is 2. The summed E-state index contributed by atoms with van der Waals surface area (Å²) in [7, 11) is 0. The van der Waals surface area contributed by atoms with Gasteiger partial charge < -0.3 is 16.7 Å². The Kier molecular flexibility index (Phi) is 2.44. The van der Waals surface area contributed by atoms with E-state index in [4.69, 9.17) is 16.7 Å². The lowest BCUT2D eigenvalue weighted by Crippen LogP contribution is -2.19. The summed E-state index contributed by atoms with van der Waals surface area (Å²) in [6.45, 7) is 0. The van der Waals surface area contributed by atoms with Crippen LogP contribution < -0.4 is 11.5 Å². The Labute approximate surface area is 73.9 Å². The van der Waals surface area contributed by atoms with Gasteiger partial charge in [0.15, 0.2) is 5.84 Å². The maximum absolute atomic E-state index is 10.7. The topological polar surface area (TPSA) is 115 Å². The third-order valence-corrected chi connectivity index (χ3v) is 1.37. The van der Waals surface area contributed by atoms with Crippen molar-refractivity contribution in [3.05, 3.63) is 29.6 Å². The molecule has 13 heavy (non-hydrogen) atoms. The van der Waals surface area contributed by atoms with Crippen LogP contribution in [-0.2, 0) is 0 Å². The van der Waals surface area contributed by atoms with E-state index in [0.717, 1.165) is 0 Å². The second-order valence-electron chi connectivity index (χ2n) is 2.26. The Morgan fingerprint density at radius 2 is 2.00 bits per heavy atom. The van der Waals surface area contributed by atoms with Gasteiger partial charge in [-0.05, 0) is 12.1 Å². The monoisotopic (exact) mass is 180 g/mol. The van der Waals surface area contributed by atoms with Crippen molar-refractivity contribution >= 4 is 11.7 Å². The summed E-state index contributed by atoms with van der Waals surface area (Å²) in [5.74, 6) is -0.823. The summed E-state index contributed by atoms with van der Waals surface area (Å²) in [5.41, 5.74) is 10.5. The van der Waals surface area contributed by atoms with Crippen LogP contribution in [-0.4, -0.2) is 21.9 Å². The van der Waals surface area contributed by atoms with Crippen molar-refractivity contribution in [2.75, 3.05) is 0 Å². The van der Waals surface area contributed by atoms with Crippen LogP contribution in [0.15, 0.2) is 23.4 Å². The van der Waals surface area contributed by atoms with E-state index in [-0.39, 0.29) is 17.2 Å². The molecule has 0 saturated heterocycles. The SMILES string of the molecule is NC(=O)c1cccc(C(N)=NO)n1. The molecule has 5 N–H and O–H groups in total. The van der Waals surface area contributed by atoms with Crippen LogP contribution in [0.5, 0.6) is 0 Å². The molecule has 0 saturated carbocycles. The number of nitrogens with zero attached hydrogens (tertiary/aromatic N) is 2. The molecule has 68 valence electrons. The molecule has 0 aliphatic heterocycles. The normalized spacial score (nSPS) is 11.2. The molecule has 1 aromatic rings. The number of hydrogen-bond acceptors (Lipinski definition) is 4. The molecule has 0 bridgehead atoms. The van der Waals surface area contributed by atoms with Crippen LogP contribution in [0.4, 0.5) is 0 Å². The van der Waals surface area contributed by atoms with E-state index in [9.17, 15) is 4.79 Å². The van der Waals surface area contributed by atoms with E-state index in [1.165, 1.54) is 12.1 Å². The van der Waals surface area contributed by atoms with Gasteiger partial charge >= 0.3 is 0 Å². The van der Waals surface area contributed by atoms with Gasteiger partial charge in [0.1, 0.15) is 11.4 Å². The number of primary amides is 1. The van der Waals surface area contributed by atoms with Gasteiger partial charge in [-0.15, -0.1) is 0 Å². The van der Waals surface area contributed by atoms with Gasteiger partial charge in [-0.3, -0.25) is 4.79 Å². The summed E-state index contributed by atoms with van der Waals surface area (Å²) < 4.78 is 0. The van der Waals surface area contributed by atoms with Gasteiger partial charge in [-0.1, -0.05) is 11.2 Å². The van der Waals surface area contributed by atoms with Crippen molar-refractivity contribution in [3.63, 3.8) is 0 Å². The summed E-state index contributed by atoms with van der Waals surface area (Å²) in [5, 5.41) is 11.1. The lowest BCUT2D eigenvalue weighted by molar-refractivity contribution is 0.0995. The molecule has 0 unspecified atom stereocenters. The Balaban J connectivity index is 3.13. The number of carbonyl (C=O) groups excluding carboxylic acids is 1. The quantitative estimate of drug-likeness (QED) is 0.241. The van der Waals surface area contributed by atoms with Crippen LogP contribution in [0.2, 0.25) is 0 Å². The van der Waals surface area contributed by atoms with Crippen molar-refractivity contribution in [2.45, 2.75) is 0 Å². The third kappa shape index (κ3) is 1.92. The highest BCUT2D eigenvalue weighted by Crippen LogP contribution is 1.98. The number of amidine groups is 1. The smallest absolute Gasteiger partial charge is 0.267 e. The lowest BCUT2D eigenvalue weighted by atomic mass is 10.3. The molecule has 0 fully saturated rings. The zero-order valence-electron chi connectivity index (χ0n) is 6.64. The van der Waals surface area contributed by atoms with Crippen molar-refractivity contribution in [3.8, 4) is 0 Å². The molecule has 0 aliphatic carbocycles. The second kappa shape index (κ2) is 3.53. The third-order valence-electron chi connectivity index (χ3n) is 1.37. The Hall–Kier alpha value is -2.11. The zero-order chi connectivity index (χ0) is 9.84. The first kappa shape index (κ1) is 8.98. The Morgan fingerprint density at radius 1 is 1.38 bits per heavy atom. The highest BCUT2D eigenvalue weighted by Gasteiger charge is 2.05. The fraction of sp³-hybridized carbons (Fsp3) is 0. The number of oxime groups is 1. The van der Waals surface area contributed by atoms with Crippen molar-refractivity contribution in [2.24, 2.45) is 16.6 Å². The van der Waals surface area contributed by atoms with Crippen molar-refractivity contribution in [1.82, 2.24) is 4.98 Å². The minimum Gasteiger partial charge on any atom is -0.409 e. The zero-order valence-corrected chi connectivity index (χ0v) is 6.64. The number of amides is 1. The largest absolute Gasteiger partial charge is 0.409 e. The van der Waals surface area contributed by atoms with Crippen LogP contribution >= 0.6 is 0 Å². The number of pyridine rings is 1. The number of aromatic nitrogens is 1. The molecule has 6 nitrogen and oxygen atoms in total. The molecular weight excluding hydrogens is 172 g/mol. The summed E-state index contributed by atoms with van der Waals surface area (Å²) >= 11 is 0. The number of carbonyl (C=O) groups is 1. The van der Waals surface area contributed by atoms with E-state index in [2.05, 4.69) is 10.1 Å². The first-order valence-corrected chi connectivity index (χ1v) is 3.40. The summed E-state index contributed by atoms with van der Waals surface area (Å²) in [6.07, 6.45) is 0. The maximum atomic E-state index is 10.7. The lowest BCUT2D eigenvalue weighted by Gasteiger charge is -1.98. The Morgan fingerprint density at radius 3 is 2.54 bits per heavy atom. The van der Waals surface area contributed by atoms with E-state index in [1.807, 2.05) is 0 Å². The van der Waals surface area contributed by atoms with Crippen LogP contribution in [0.1, 0.15) is 16.2 Å². The molecule has 1 aromatic heterocycles. The van der Waals surface area contributed by atoms with E-state index >= 15 is 0 Å². The first-order chi connectivity index (χ1) is 6.15. The van der Waals surface area contributed by atoms with Gasteiger partial charge in [0.25, 0.3) is 5.91 Å². The number of rotatable bonds is 2. The van der Waals surface area contributed by atoms with E-state index in [1.54, 1.807) is 6.07 Å². The fourth-order valence-corrected chi connectivity index (χ4v) is 0.766. The summed E-state index contributed by atoms with van der Waals surface area (Å²) in [4.78, 5) is 14.4. The van der Waals surface area contributed by atoms with E-state index < -0.39 is 5.91 Å². The average Bonchev–Trinajstić information content (AvgIpc) is 2.17. The maximum Gasteiger partial charge on any atom is 0.267 e. The summed E-state index contributed by atoms with van der Waals surface area (Å²) in [6, 6.07) is 4.48. The minimum absolute atomic E-state index is 0.0732. The van der Waals surface area contributed by atoms with Crippen LogP contribution in [0, 0.1) is 0 Å². The van der Waals surface area contributed by atoms with Gasteiger partial charge in [0.2, 0.25) is 0 Å². The molecular formula is C7H8N4O2. The van der Waals surface area contributed by atoms with Crippen LogP contribution in [0.25, 0.3) is 0 Å². The average molecular weight is 180 g/mol. The highest BCUT2D eigenvalue weighted by molar-refractivity contribution is 5.97. The first-order valence-electron chi connectivity index (χ1n) is 3.40. The molecule has 0 spiro atoms.